The van der Waals surface area contributed by atoms with Crippen LogP contribution in [0.1, 0.15) is 122 Å². The largest absolute Gasteiger partial charge is 0.481 e. The smallest absolute Gasteiger partial charge is 0.305 e. The molecule has 39 heavy (non-hydrogen) atoms. The summed E-state index contributed by atoms with van der Waals surface area (Å²) in [5.41, 5.74) is 1.97. The van der Waals surface area contributed by atoms with E-state index in [4.69, 9.17) is 10.1 Å². The molecule has 1 aromatic carbocycles. The van der Waals surface area contributed by atoms with Crippen molar-refractivity contribution in [2.24, 2.45) is 27.7 Å². The minimum absolute atomic E-state index is 0.0496. The molecule has 1 aliphatic carbocycles. The maximum Gasteiger partial charge on any atom is 0.305 e. The third kappa shape index (κ3) is 7.49. The van der Waals surface area contributed by atoms with Gasteiger partial charge in [-0.2, -0.15) is 0 Å². The summed E-state index contributed by atoms with van der Waals surface area (Å²) in [5, 5.41) is 11.5. The number of nitrogens with zero attached hydrogens (tertiary/aromatic N) is 2. The fourth-order valence-corrected chi connectivity index (χ4v) is 6.00. The number of aliphatic imine (C=N–C) groups is 1. The Balaban J connectivity index is 1.95. The molecule has 7 heteroatoms. The molecular weight excluding hydrogens is 490 g/mol. The van der Waals surface area contributed by atoms with Crippen molar-refractivity contribution in [1.82, 2.24) is 10.2 Å². The van der Waals surface area contributed by atoms with Crippen molar-refractivity contribution in [3.63, 3.8) is 0 Å². The average Bonchev–Trinajstić information content (AvgIpc) is 3.10. The lowest BCUT2D eigenvalue weighted by Gasteiger charge is -2.48. The van der Waals surface area contributed by atoms with Gasteiger partial charge in [0.2, 0.25) is 0 Å². The van der Waals surface area contributed by atoms with E-state index in [0.717, 1.165) is 44.1 Å². The Morgan fingerprint density at radius 1 is 1.08 bits per heavy atom. The van der Waals surface area contributed by atoms with E-state index >= 15 is 0 Å². The zero-order valence-electron chi connectivity index (χ0n) is 25.3. The Bertz CT molecular complexity index is 1070. The van der Waals surface area contributed by atoms with Gasteiger partial charge in [-0.15, -0.1) is 0 Å². The lowest BCUT2D eigenvalue weighted by atomic mass is 9.69. The van der Waals surface area contributed by atoms with Crippen LogP contribution in [0.2, 0.25) is 0 Å². The predicted octanol–water partition coefficient (Wildman–Crippen LogP) is 6.63. The Hall–Kier alpha value is -2.70. The Kier molecular flexibility index (Phi) is 9.34. The number of carboxylic acid groups (broad SMARTS) is 1. The van der Waals surface area contributed by atoms with Gasteiger partial charge >= 0.3 is 5.97 Å². The van der Waals surface area contributed by atoms with Crippen LogP contribution >= 0.6 is 0 Å². The van der Waals surface area contributed by atoms with Gasteiger partial charge in [0.05, 0.1) is 12.5 Å². The first kappa shape index (κ1) is 30.8. The molecule has 0 unspecified atom stereocenters. The summed E-state index contributed by atoms with van der Waals surface area (Å²) in [6, 6.07) is 7.32. The SMILES string of the molecule is CC(C)C1=NC2(CCC(C(C)(C)C)CC2)N([C@H](CCC(C)(C)C)c2ccc(C(=O)NCCC(=O)O)cc2)C1=O. The molecule has 1 saturated carbocycles. The second kappa shape index (κ2) is 11.8. The fourth-order valence-electron chi connectivity index (χ4n) is 6.00. The van der Waals surface area contributed by atoms with Crippen LogP contribution in [0.3, 0.4) is 0 Å². The number of carbonyl (C=O) groups excluding carboxylic acids is 2. The first-order valence-corrected chi connectivity index (χ1v) is 14.6. The highest BCUT2D eigenvalue weighted by Crippen LogP contribution is 2.50. The molecule has 7 nitrogen and oxygen atoms in total. The first-order valence-electron chi connectivity index (χ1n) is 14.6. The first-order chi connectivity index (χ1) is 18.0. The van der Waals surface area contributed by atoms with Gasteiger partial charge in [0, 0.05) is 18.0 Å². The number of benzene rings is 1. The summed E-state index contributed by atoms with van der Waals surface area (Å²) in [7, 11) is 0. The monoisotopic (exact) mass is 539 g/mol. The average molecular weight is 540 g/mol. The third-order valence-electron chi connectivity index (χ3n) is 8.43. The number of hydrogen-bond donors (Lipinski definition) is 2. The standard InChI is InChI=1S/C32H49N3O4/c1-21(2)27-29(39)35(32(34-27)18-13-24(14-19-32)31(6,7)8)25(15-17-30(3,4)5)22-9-11-23(12-10-22)28(38)33-20-16-26(36)37/h9-12,21,24-25H,13-20H2,1-8H3,(H,33,38)(H,36,37)/t24?,25-,32?/m1/s1. The predicted molar refractivity (Wildman–Crippen MR) is 156 cm³/mol. The molecule has 0 radical (unpaired) electrons. The fraction of sp³-hybridized carbons (Fsp3) is 0.688. The molecule has 3 rings (SSSR count). The van der Waals surface area contributed by atoms with Gasteiger partial charge in [-0.1, -0.05) is 67.5 Å². The molecule has 1 atom stereocenters. The molecule has 2 N–H and O–H groups in total. The van der Waals surface area contributed by atoms with Crippen molar-refractivity contribution >= 4 is 23.5 Å². The second-order valence-electron chi connectivity index (χ2n) is 14.1. The van der Waals surface area contributed by atoms with Crippen molar-refractivity contribution < 1.29 is 19.5 Å². The third-order valence-corrected chi connectivity index (χ3v) is 8.43. The molecule has 216 valence electrons. The van der Waals surface area contributed by atoms with Crippen LogP contribution in [0, 0.1) is 22.7 Å². The minimum Gasteiger partial charge on any atom is -0.481 e. The highest BCUT2D eigenvalue weighted by molar-refractivity contribution is 6.41. The Morgan fingerprint density at radius 2 is 1.67 bits per heavy atom. The van der Waals surface area contributed by atoms with Gasteiger partial charge in [-0.3, -0.25) is 19.4 Å². The van der Waals surface area contributed by atoms with Crippen LogP contribution in [0.15, 0.2) is 29.3 Å². The molecule has 0 saturated heterocycles. The van der Waals surface area contributed by atoms with E-state index in [-0.39, 0.29) is 47.6 Å². The van der Waals surface area contributed by atoms with Crippen molar-refractivity contribution in [3.8, 4) is 0 Å². The van der Waals surface area contributed by atoms with Crippen molar-refractivity contribution in [2.45, 2.75) is 112 Å². The van der Waals surface area contributed by atoms with Crippen molar-refractivity contribution in [2.75, 3.05) is 6.54 Å². The molecule has 1 spiro atoms. The molecule has 1 fully saturated rings. The summed E-state index contributed by atoms with van der Waals surface area (Å²) < 4.78 is 0. The summed E-state index contributed by atoms with van der Waals surface area (Å²) in [6.07, 6.45) is 5.46. The quantitative estimate of drug-likeness (QED) is 0.368. The van der Waals surface area contributed by atoms with Crippen LogP contribution in [0.5, 0.6) is 0 Å². The van der Waals surface area contributed by atoms with Gasteiger partial charge in [-0.25, -0.2) is 0 Å². The minimum atomic E-state index is -0.948. The number of carboxylic acids is 1. The zero-order valence-corrected chi connectivity index (χ0v) is 25.3. The van der Waals surface area contributed by atoms with E-state index in [2.05, 4.69) is 65.6 Å². The van der Waals surface area contributed by atoms with Crippen LogP contribution in [-0.4, -0.2) is 45.7 Å². The number of amides is 2. The molecule has 1 heterocycles. The van der Waals surface area contributed by atoms with E-state index in [1.54, 1.807) is 12.1 Å². The molecule has 0 aromatic heterocycles. The molecule has 0 bridgehead atoms. The van der Waals surface area contributed by atoms with Gasteiger partial charge in [-0.05, 0) is 73.0 Å². The van der Waals surface area contributed by atoms with E-state index in [1.807, 2.05) is 12.1 Å². The number of carbonyl (C=O) groups is 3. The van der Waals surface area contributed by atoms with Gasteiger partial charge in [0.1, 0.15) is 11.4 Å². The normalized spacial score (nSPS) is 22.8. The second-order valence-corrected chi connectivity index (χ2v) is 14.1. The molecule has 2 aliphatic rings. The highest BCUT2D eigenvalue weighted by atomic mass is 16.4. The highest BCUT2D eigenvalue weighted by Gasteiger charge is 2.52. The van der Waals surface area contributed by atoms with Crippen molar-refractivity contribution in [3.05, 3.63) is 35.4 Å². The van der Waals surface area contributed by atoms with Crippen LogP contribution < -0.4 is 5.32 Å². The molecule has 1 aromatic rings. The molecular formula is C32H49N3O4. The lowest BCUT2D eigenvalue weighted by Crippen LogP contribution is -2.51. The number of rotatable bonds is 9. The molecule has 2 amide bonds. The van der Waals surface area contributed by atoms with Gasteiger partial charge in [0.25, 0.3) is 11.8 Å². The number of aliphatic carboxylic acids is 1. The Labute approximate surface area is 234 Å². The van der Waals surface area contributed by atoms with Crippen LogP contribution in [-0.2, 0) is 9.59 Å². The Morgan fingerprint density at radius 3 is 2.15 bits per heavy atom. The lowest BCUT2D eigenvalue weighted by molar-refractivity contribution is -0.137. The van der Waals surface area contributed by atoms with Crippen molar-refractivity contribution in [1.29, 1.82) is 0 Å². The maximum atomic E-state index is 14.1. The maximum absolute atomic E-state index is 14.1. The van der Waals surface area contributed by atoms with Gasteiger partial charge < -0.3 is 15.3 Å². The van der Waals surface area contributed by atoms with Crippen LogP contribution in [0.25, 0.3) is 0 Å². The van der Waals surface area contributed by atoms with E-state index in [1.165, 1.54) is 0 Å². The molecule has 1 aliphatic heterocycles. The van der Waals surface area contributed by atoms with Crippen LogP contribution in [0.4, 0.5) is 0 Å². The van der Waals surface area contributed by atoms with E-state index in [9.17, 15) is 14.4 Å². The number of hydrogen-bond acceptors (Lipinski definition) is 4. The number of nitrogens with one attached hydrogen (secondary N) is 1. The topological polar surface area (TPSA) is 99.1 Å². The zero-order chi connectivity index (χ0) is 29.2. The van der Waals surface area contributed by atoms with E-state index < -0.39 is 11.6 Å². The summed E-state index contributed by atoms with van der Waals surface area (Å²) in [5.74, 6) is -0.538. The summed E-state index contributed by atoms with van der Waals surface area (Å²) in [6.45, 7) is 17.8. The summed E-state index contributed by atoms with van der Waals surface area (Å²) >= 11 is 0. The summed E-state index contributed by atoms with van der Waals surface area (Å²) in [4.78, 5) is 44.7. The van der Waals surface area contributed by atoms with E-state index in [0.29, 0.717) is 17.2 Å². The van der Waals surface area contributed by atoms with Gasteiger partial charge in [0.15, 0.2) is 0 Å².